The second kappa shape index (κ2) is 17.4. The number of benzene rings is 3. The van der Waals surface area contributed by atoms with Gasteiger partial charge in [-0.15, -0.1) is 0 Å². The van der Waals surface area contributed by atoms with Crippen LogP contribution in [0.1, 0.15) is 55.2 Å². The molecule has 0 atom stereocenters. The highest BCUT2D eigenvalue weighted by Crippen LogP contribution is 2.30. The van der Waals surface area contributed by atoms with E-state index in [9.17, 15) is 4.79 Å². The number of ether oxygens (including phenoxy) is 3. The van der Waals surface area contributed by atoms with Crippen LogP contribution in [0, 0.1) is 0 Å². The molecule has 0 bridgehead atoms. The molecule has 5 heteroatoms. The minimum atomic E-state index is -0.468. The number of aliphatic imine (C=N–C) groups is 1. The maximum Gasteiger partial charge on any atom is 0.235 e. The van der Waals surface area contributed by atoms with E-state index in [1.807, 2.05) is 60.7 Å². The summed E-state index contributed by atoms with van der Waals surface area (Å²) in [6, 6.07) is 30.5. The molecule has 0 unspecified atom stereocenters. The third-order valence-electron chi connectivity index (χ3n) is 6.41. The quantitative estimate of drug-likeness (QED) is 0.100. The van der Waals surface area contributed by atoms with Gasteiger partial charge in [0.25, 0.3) is 0 Å². The van der Waals surface area contributed by atoms with Crippen LogP contribution in [-0.2, 0) is 38.8 Å². The normalized spacial score (nSPS) is 11.2. The van der Waals surface area contributed by atoms with E-state index < -0.39 is 5.54 Å². The van der Waals surface area contributed by atoms with Gasteiger partial charge in [-0.2, -0.15) is 4.99 Å². The molecular formula is C32H39NO4. The summed E-state index contributed by atoms with van der Waals surface area (Å²) < 4.78 is 17.7. The summed E-state index contributed by atoms with van der Waals surface area (Å²) in [5.41, 5.74) is 3.01. The predicted molar refractivity (Wildman–Crippen MR) is 147 cm³/mol. The molecule has 0 saturated carbocycles. The fourth-order valence-corrected chi connectivity index (χ4v) is 4.44. The van der Waals surface area contributed by atoms with Gasteiger partial charge >= 0.3 is 0 Å². The highest BCUT2D eigenvalue weighted by Gasteiger charge is 2.28. The standard InChI is InChI=1S/C32H39NO4/c34-28-33-32(19-10-22-35-25-29-13-4-1-5-14-29,20-11-23-36-26-30-15-6-2-7-16-30)21-12-24-37-27-31-17-8-3-9-18-31/h1-9,13-18H,10-12,19-27H2. The Labute approximate surface area is 221 Å². The Morgan fingerprint density at radius 3 is 1.16 bits per heavy atom. The summed E-state index contributed by atoms with van der Waals surface area (Å²) in [6.07, 6.45) is 6.66. The molecule has 0 aliphatic rings. The zero-order valence-corrected chi connectivity index (χ0v) is 21.7. The number of carbonyl (C=O) groups excluding carboxylic acids is 1. The lowest BCUT2D eigenvalue weighted by Gasteiger charge is -2.28. The average molecular weight is 502 g/mol. The Balaban J connectivity index is 1.46. The highest BCUT2D eigenvalue weighted by molar-refractivity contribution is 5.35. The maximum absolute atomic E-state index is 11.5. The molecule has 5 nitrogen and oxygen atoms in total. The Bertz CT molecular complexity index is 900. The first-order valence-electron chi connectivity index (χ1n) is 13.2. The minimum absolute atomic E-state index is 0.468. The maximum atomic E-state index is 11.5. The van der Waals surface area contributed by atoms with Crippen molar-refractivity contribution in [1.82, 2.24) is 0 Å². The van der Waals surface area contributed by atoms with Gasteiger partial charge in [0.05, 0.1) is 25.4 Å². The monoisotopic (exact) mass is 501 g/mol. The molecule has 0 aromatic heterocycles. The van der Waals surface area contributed by atoms with Gasteiger partial charge in [-0.25, -0.2) is 4.79 Å². The molecule has 3 aromatic rings. The summed E-state index contributed by atoms with van der Waals surface area (Å²) >= 11 is 0. The van der Waals surface area contributed by atoms with Crippen LogP contribution >= 0.6 is 0 Å². The lowest BCUT2D eigenvalue weighted by molar-refractivity contribution is 0.0929. The van der Waals surface area contributed by atoms with Crippen LogP contribution in [0.4, 0.5) is 0 Å². The number of isocyanates is 1. The van der Waals surface area contributed by atoms with Crippen LogP contribution in [0.2, 0.25) is 0 Å². The van der Waals surface area contributed by atoms with E-state index >= 15 is 0 Å². The van der Waals surface area contributed by atoms with Gasteiger partial charge in [0.2, 0.25) is 6.08 Å². The zero-order valence-electron chi connectivity index (χ0n) is 21.7. The van der Waals surface area contributed by atoms with Gasteiger partial charge in [-0.1, -0.05) is 91.0 Å². The molecule has 196 valence electrons. The van der Waals surface area contributed by atoms with Crippen molar-refractivity contribution in [2.24, 2.45) is 4.99 Å². The van der Waals surface area contributed by atoms with Crippen LogP contribution in [-0.4, -0.2) is 31.4 Å². The largest absolute Gasteiger partial charge is 0.377 e. The second-order valence-corrected chi connectivity index (χ2v) is 9.35. The highest BCUT2D eigenvalue weighted by atomic mass is 16.5. The smallest absolute Gasteiger partial charge is 0.235 e. The topological polar surface area (TPSA) is 57.1 Å². The molecule has 0 aliphatic heterocycles. The molecular weight excluding hydrogens is 462 g/mol. The van der Waals surface area contributed by atoms with Crippen molar-refractivity contribution in [3.8, 4) is 0 Å². The van der Waals surface area contributed by atoms with Crippen LogP contribution in [0.25, 0.3) is 0 Å². The molecule has 0 radical (unpaired) electrons. The average Bonchev–Trinajstić information content (AvgIpc) is 2.94. The van der Waals surface area contributed by atoms with Crippen LogP contribution in [0.15, 0.2) is 96.0 Å². The first-order valence-corrected chi connectivity index (χ1v) is 13.2. The summed E-state index contributed by atoms with van der Waals surface area (Å²) in [4.78, 5) is 15.8. The first-order chi connectivity index (χ1) is 18.3. The second-order valence-electron chi connectivity index (χ2n) is 9.35. The van der Waals surface area contributed by atoms with Crippen LogP contribution < -0.4 is 0 Å². The van der Waals surface area contributed by atoms with E-state index in [-0.39, 0.29) is 0 Å². The Kier molecular flexibility index (Phi) is 13.4. The molecule has 0 fully saturated rings. The van der Waals surface area contributed by atoms with Crippen molar-refractivity contribution in [1.29, 1.82) is 0 Å². The number of nitrogens with zero attached hydrogens (tertiary/aromatic N) is 1. The Morgan fingerprint density at radius 2 is 0.865 bits per heavy atom. The number of hydrogen-bond acceptors (Lipinski definition) is 5. The van der Waals surface area contributed by atoms with Crippen molar-refractivity contribution < 1.29 is 19.0 Å². The Morgan fingerprint density at radius 1 is 0.541 bits per heavy atom. The fraction of sp³-hybridized carbons (Fsp3) is 0.406. The van der Waals surface area contributed by atoms with E-state index in [1.165, 1.54) is 0 Å². The molecule has 3 aromatic carbocycles. The molecule has 0 aliphatic carbocycles. The van der Waals surface area contributed by atoms with Crippen molar-refractivity contribution in [3.05, 3.63) is 108 Å². The van der Waals surface area contributed by atoms with E-state index in [0.29, 0.717) is 39.6 Å². The Hall–Kier alpha value is -3.08. The van der Waals surface area contributed by atoms with Gasteiger partial charge in [-0.05, 0) is 55.2 Å². The summed E-state index contributed by atoms with van der Waals surface area (Å²) in [5.74, 6) is 0. The first kappa shape index (κ1) is 28.5. The van der Waals surface area contributed by atoms with Gasteiger partial charge in [0.1, 0.15) is 0 Å². The van der Waals surface area contributed by atoms with Gasteiger partial charge in [-0.3, -0.25) is 0 Å². The van der Waals surface area contributed by atoms with Crippen molar-refractivity contribution in [3.63, 3.8) is 0 Å². The van der Waals surface area contributed by atoms with E-state index in [4.69, 9.17) is 14.2 Å². The fourth-order valence-electron chi connectivity index (χ4n) is 4.44. The molecule has 0 heterocycles. The molecule has 0 saturated heterocycles. The molecule has 0 spiro atoms. The van der Waals surface area contributed by atoms with Crippen LogP contribution in [0.3, 0.4) is 0 Å². The number of hydrogen-bond donors (Lipinski definition) is 0. The zero-order chi connectivity index (χ0) is 25.9. The number of rotatable bonds is 19. The summed E-state index contributed by atoms with van der Waals surface area (Å²) in [7, 11) is 0. The minimum Gasteiger partial charge on any atom is -0.377 e. The van der Waals surface area contributed by atoms with E-state index in [1.54, 1.807) is 0 Å². The van der Waals surface area contributed by atoms with Gasteiger partial charge in [0, 0.05) is 19.8 Å². The lowest BCUT2D eigenvalue weighted by atomic mass is 9.84. The predicted octanol–water partition coefficient (Wildman–Crippen LogP) is 7.05. The summed E-state index contributed by atoms with van der Waals surface area (Å²) in [6.45, 7) is 3.64. The van der Waals surface area contributed by atoms with Crippen molar-refractivity contribution >= 4 is 6.08 Å². The third kappa shape index (κ3) is 11.7. The van der Waals surface area contributed by atoms with E-state index in [0.717, 1.165) is 55.2 Å². The van der Waals surface area contributed by atoms with Crippen LogP contribution in [0.5, 0.6) is 0 Å². The third-order valence-corrected chi connectivity index (χ3v) is 6.41. The summed E-state index contributed by atoms with van der Waals surface area (Å²) in [5, 5.41) is 0. The SMILES string of the molecule is O=C=NC(CCCOCc1ccccc1)(CCCOCc1ccccc1)CCCOCc1ccccc1. The van der Waals surface area contributed by atoms with Crippen molar-refractivity contribution in [2.45, 2.75) is 63.9 Å². The van der Waals surface area contributed by atoms with Gasteiger partial charge < -0.3 is 14.2 Å². The molecule has 0 N–H and O–H groups in total. The van der Waals surface area contributed by atoms with E-state index in [2.05, 4.69) is 41.4 Å². The molecule has 3 rings (SSSR count). The molecule has 37 heavy (non-hydrogen) atoms. The molecule has 0 amide bonds. The lowest BCUT2D eigenvalue weighted by Crippen LogP contribution is -2.28. The van der Waals surface area contributed by atoms with Gasteiger partial charge in [0.15, 0.2) is 0 Å². The van der Waals surface area contributed by atoms with Crippen molar-refractivity contribution in [2.75, 3.05) is 19.8 Å².